The van der Waals surface area contributed by atoms with Crippen molar-refractivity contribution in [3.05, 3.63) is 94.6 Å². The van der Waals surface area contributed by atoms with Crippen molar-refractivity contribution in [3.63, 3.8) is 0 Å². The number of pyridine rings is 1. The molecule has 4 nitrogen and oxygen atoms in total. The number of nitrogens with zero attached hydrogens (tertiary/aromatic N) is 2. The zero-order chi connectivity index (χ0) is 25.6. The molecule has 0 aliphatic rings. The highest BCUT2D eigenvalue weighted by Crippen LogP contribution is 2.30. The van der Waals surface area contributed by atoms with E-state index in [1.165, 1.54) is 18.3 Å². The maximum Gasteiger partial charge on any atom is 0.433 e. The lowest BCUT2D eigenvalue weighted by atomic mass is 10.00. The standard InChI is InChI=1S/C27H29F4N3O/c1-4-19-7-10-21(11-8-19)25(26(35)32-3)34(22-12-13-23(28)18(2)16-22)15-5-6-20-9-14-24(33-17-20)27(29,30)31/h7-14,16-17,25H,4-6,15H2,1-3H3,(H,32,35). The molecule has 1 aromatic heterocycles. The number of amides is 1. The Hall–Kier alpha value is -3.42. The van der Waals surface area contributed by atoms with Crippen molar-refractivity contribution in [2.24, 2.45) is 0 Å². The molecule has 3 aromatic rings. The van der Waals surface area contributed by atoms with Crippen molar-refractivity contribution in [2.75, 3.05) is 18.5 Å². The minimum Gasteiger partial charge on any atom is -0.357 e. The number of carbonyl (C=O) groups excluding carboxylic acids is 1. The van der Waals surface area contributed by atoms with Crippen LogP contribution >= 0.6 is 0 Å². The van der Waals surface area contributed by atoms with E-state index in [-0.39, 0.29) is 11.7 Å². The summed E-state index contributed by atoms with van der Waals surface area (Å²) in [4.78, 5) is 18.5. The van der Waals surface area contributed by atoms with E-state index in [2.05, 4.69) is 17.2 Å². The Kier molecular flexibility index (Phi) is 8.48. The van der Waals surface area contributed by atoms with Crippen molar-refractivity contribution < 1.29 is 22.4 Å². The lowest BCUT2D eigenvalue weighted by molar-refractivity contribution is -0.141. The van der Waals surface area contributed by atoms with Crippen molar-refractivity contribution in [3.8, 4) is 0 Å². The van der Waals surface area contributed by atoms with Crippen LogP contribution in [0.2, 0.25) is 0 Å². The Morgan fingerprint density at radius 1 is 1.06 bits per heavy atom. The highest BCUT2D eigenvalue weighted by atomic mass is 19.4. The molecule has 0 aliphatic heterocycles. The maximum absolute atomic E-state index is 14.0. The van der Waals surface area contributed by atoms with Gasteiger partial charge in [0.1, 0.15) is 17.6 Å². The van der Waals surface area contributed by atoms with Gasteiger partial charge in [-0.2, -0.15) is 13.2 Å². The van der Waals surface area contributed by atoms with E-state index in [0.29, 0.717) is 36.2 Å². The molecule has 3 rings (SSSR count). The van der Waals surface area contributed by atoms with E-state index in [1.54, 1.807) is 26.1 Å². The number of rotatable bonds is 9. The summed E-state index contributed by atoms with van der Waals surface area (Å²) in [5.41, 5.74) is 2.80. The normalized spacial score (nSPS) is 12.3. The van der Waals surface area contributed by atoms with Gasteiger partial charge in [0, 0.05) is 25.5 Å². The first-order valence-electron chi connectivity index (χ1n) is 11.5. The molecule has 1 atom stereocenters. The third-order valence-corrected chi connectivity index (χ3v) is 5.96. The fourth-order valence-electron chi connectivity index (χ4n) is 3.95. The van der Waals surface area contributed by atoms with Gasteiger partial charge >= 0.3 is 6.18 Å². The Labute approximate surface area is 203 Å². The molecule has 0 fully saturated rings. The van der Waals surface area contributed by atoms with Crippen molar-refractivity contribution >= 4 is 11.6 Å². The Morgan fingerprint density at radius 2 is 1.74 bits per heavy atom. The van der Waals surface area contributed by atoms with Gasteiger partial charge in [0.25, 0.3) is 0 Å². The number of aromatic nitrogens is 1. The molecule has 8 heteroatoms. The zero-order valence-electron chi connectivity index (χ0n) is 20.0. The minimum atomic E-state index is -4.48. The first-order chi connectivity index (χ1) is 16.6. The van der Waals surface area contributed by atoms with E-state index in [1.807, 2.05) is 29.2 Å². The quantitative estimate of drug-likeness (QED) is 0.375. The fraction of sp³-hybridized carbons (Fsp3) is 0.333. The number of hydrogen-bond acceptors (Lipinski definition) is 3. The Morgan fingerprint density at radius 3 is 2.29 bits per heavy atom. The largest absolute Gasteiger partial charge is 0.433 e. The molecule has 0 saturated carbocycles. The average molecular weight is 488 g/mol. The number of alkyl halides is 3. The summed E-state index contributed by atoms with van der Waals surface area (Å²) in [6, 6.07) is 14.2. The lowest BCUT2D eigenvalue weighted by Gasteiger charge is -2.33. The van der Waals surface area contributed by atoms with Crippen LogP contribution in [0.15, 0.2) is 60.8 Å². The average Bonchev–Trinajstić information content (AvgIpc) is 2.85. The zero-order valence-corrected chi connectivity index (χ0v) is 20.0. The number of nitrogens with one attached hydrogen (secondary N) is 1. The number of likely N-dealkylation sites (N-methyl/N-ethyl adjacent to an activating group) is 1. The molecule has 0 aliphatic carbocycles. The molecule has 186 valence electrons. The van der Waals surface area contributed by atoms with Crippen LogP contribution in [0.1, 0.15) is 47.3 Å². The van der Waals surface area contributed by atoms with Crippen molar-refractivity contribution in [1.82, 2.24) is 10.3 Å². The van der Waals surface area contributed by atoms with Gasteiger partial charge in [-0.15, -0.1) is 0 Å². The van der Waals surface area contributed by atoms with Crippen LogP contribution in [0.4, 0.5) is 23.2 Å². The first-order valence-corrected chi connectivity index (χ1v) is 11.5. The topological polar surface area (TPSA) is 45.2 Å². The summed E-state index contributed by atoms with van der Waals surface area (Å²) in [6.07, 6.45) is -1.37. The monoisotopic (exact) mass is 487 g/mol. The SMILES string of the molecule is CCc1ccc(C(C(=O)NC)N(CCCc2ccc(C(F)(F)F)nc2)c2ccc(F)c(C)c2)cc1. The van der Waals surface area contributed by atoms with Gasteiger partial charge in [-0.1, -0.05) is 37.3 Å². The molecule has 1 heterocycles. The summed E-state index contributed by atoms with van der Waals surface area (Å²) >= 11 is 0. The number of hydrogen-bond donors (Lipinski definition) is 1. The molecule has 1 unspecified atom stereocenters. The van der Waals surface area contributed by atoms with E-state index < -0.39 is 17.9 Å². The highest BCUT2D eigenvalue weighted by molar-refractivity contribution is 5.86. The van der Waals surface area contributed by atoms with Gasteiger partial charge in [0.15, 0.2) is 0 Å². The second kappa shape index (κ2) is 11.3. The highest BCUT2D eigenvalue weighted by Gasteiger charge is 2.32. The number of anilines is 1. The van der Waals surface area contributed by atoms with Gasteiger partial charge in [0.2, 0.25) is 5.91 Å². The minimum absolute atomic E-state index is 0.215. The number of benzene rings is 2. The second-order valence-electron chi connectivity index (χ2n) is 8.39. The molecule has 1 N–H and O–H groups in total. The van der Waals surface area contributed by atoms with Crippen LogP contribution < -0.4 is 10.2 Å². The van der Waals surface area contributed by atoms with Gasteiger partial charge < -0.3 is 10.2 Å². The van der Waals surface area contributed by atoms with Crippen LogP contribution in [-0.4, -0.2) is 24.5 Å². The molecule has 1 amide bonds. The second-order valence-corrected chi connectivity index (χ2v) is 8.39. The molecule has 0 saturated heterocycles. The molecule has 0 bridgehead atoms. The molecule has 35 heavy (non-hydrogen) atoms. The third kappa shape index (κ3) is 6.59. The van der Waals surface area contributed by atoms with Crippen LogP contribution in [0.25, 0.3) is 0 Å². The number of aryl methyl sites for hydroxylation is 3. The number of halogens is 4. The smallest absolute Gasteiger partial charge is 0.357 e. The summed E-state index contributed by atoms with van der Waals surface area (Å²) in [5, 5.41) is 2.73. The van der Waals surface area contributed by atoms with E-state index in [0.717, 1.165) is 23.6 Å². The summed E-state index contributed by atoms with van der Waals surface area (Å²) in [6.45, 7) is 4.13. The van der Waals surface area contributed by atoms with Crippen LogP contribution in [0, 0.1) is 12.7 Å². The summed E-state index contributed by atoms with van der Waals surface area (Å²) in [5.74, 6) is -0.555. The fourth-order valence-corrected chi connectivity index (χ4v) is 3.95. The van der Waals surface area contributed by atoms with Gasteiger partial charge in [-0.25, -0.2) is 4.39 Å². The van der Waals surface area contributed by atoms with E-state index >= 15 is 0 Å². The first kappa shape index (κ1) is 26.2. The molecule has 0 spiro atoms. The Bertz CT molecular complexity index is 1130. The summed E-state index contributed by atoms with van der Waals surface area (Å²) in [7, 11) is 1.57. The third-order valence-electron chi connectivity index (χ3n) is 5.96. The van der Waals surface area contributed by atoms with Crippen molar-refractivity contribution in [2.45, 2.75) is 45.3 Å². The van der Waals surface area contributed by atoms with Crippen LogP contribution in [0.5, 0.6) is 0 Å². The molecular weight excluding hydrogens is 458 g/mol. The van der Waals surface area contributed by atoms with Gasteiger partial charge in [0.05, 0.1) is 0 Å². The van der Waals surface area contributed by atoms with Crippen molar-refractivity contribution in [1.29, 1.82) is 0 Å². The van der Waals surface area contributed by atoms with Gasteiger partial charge in [-0.05, 0) is 72.7 Å². The van der Waals surface area contributed by atoms with E-state index in [4.69, 9.17) is 0 Å². The van der Waals surface area contributed by atoms with Gasteiger partial charge in [-0.3, -0.25) is 9.78 Å². The predicted octanol–water partition coefficient (Wildman–Crippen LogP) is 6.04. The number of carbonyl (C=O) groups is 1. The van der Waals surface area contributed by atoms with E-state index in [9.17, 15) is 22.4 Å². The predicted molar refractivity (Wildman–Crippen MR) is 129 cm³/mol. The molecule has 2 aromatic carbocycles. The lowest BCUT2D eigenvalue weighted by Crippen LogP contribution is -2.40. The van der Waals surface area contributed by atoms with Crippen LogP contribution in [0.3, 0.4) is 0 Å². The Balaban J connectivity index is 1.89. The maximum atomic E-state index is 14.0. The molecule has 0 radical (unpaired) electrons. The van der Waals surface area contributed by atoms with Crippen LogP contribution in [-0.2, 0) is 23.8 Å². The molecular formula is C27H29F4N3O. The summed E-state index contributed by atoms with van der Waals surface area (Å²) < 4.78 is 52.4.